The Morgan fingerprint density at radius 3 is 2.47 bits per heavy atom. The maximum Gasteiger partial charge on any atom is 0.270 e. The standard InChI is InChI=1S/C7H7BrN2O4S/c1-9-15(13,14)7-3-2-5(10(11)12)4-6(7)8/h2-4,9H,1H3. The van der Waals surface area contributed by atoms with E-state index in [0.29, 0.717) is 0 Å². The van der Waals surface area contributed by atoms with Crippen molar-refractivity contribution in [1.82, 2.24) is 4.72 Å². The fourth-order valence-corrected chi connectivity index (χ4v) is 2.72. The van der Waals surface area contributed by atoms with Crippen molar-refractivity contribution in [2.45, 2.75) is 4.90 Å². The van der Waals surface area contributed by atoms with Crippen LogP contribution in [0.1, 0.15) is 0 Å². The van der Waals surface area contributed by atoms with Gasteiger partial charge in [0.05, 0.1) is 9.82 Å². The zero-order valence-corrected chi connectivity index (χ0v) is 10.0. The molecule has 0 saturated carbocycles. The first-order valence-corrected chi connectivity index (χ1v) is 6.03. The van der Waals surface area contributed by atoms with E-state index >= 15 is 0 Å². The molecule has 8 heteroatoms. The Balaban J connectivity index is 3.32. The molecule has 0 unspecified atom stereocenters. The Bertz CT molecular complexity index is 500. The van der Waals surface area contributed by atoms with Crippen LogP contribution >= 0.6 is 15.9 Å². The van der Waals surface area contributed by atoms with Crippen molar-refractivity contribution in [2.75, 3.05) is 7.05 Å². The SMILES string of the molecule is CNS(=O)(=O)c1ccc([N+](=O)[O-])cc1Br. The molecule has 0 saturated heterocycles. The largest absolute Gasteiger partial charge is 0.270 e. The molecular formula is C7H7BrN2O4S. The van der Waals surface area contributed by atoms with E-state index in [1.54, 1.807) is 0 Å². The fraction of sp³-hybridized carbons (Fsp3) is 0.143. The second kappa shape index (κ2) is 4.25. The van der Waals surface area contributed by atoms with Crippen LogP contribution in [-0.4, -0.2) is 20.4 Å². The lowest BCUT2D eigenvalue weighted by Gasteiger charge is -2.04. The smallest absolute Gasteiger partial charge is 0.258 e. The molecule has 0 aliphatic carbocycles. The molecule has 1 rings (SSSR count). The van der Waals surface area contributed by atoms with Crippen molar-refractivity contribution < 1.29 is 13.3 Å². The maximum absolute atomic E-state index is 11.4. The summed E-state index contributed by atoms with van der Waals surface area (Å²) in [6.45, 7) is 0. The molecule has 1 N–H and O–H groups in total. The van der Waals surface area contributed by atoms with E-state index in [2.05, 4.69) is 20.7 Å². The van der Waals surface area contributed by atoms with Crippen LogP contribution in [0.3, 0.4) is 0 Å². The van der Waals surface area contributed by atoms with Crippen molar-refractivity contribution in [3.63, 3.8) is 0 Å². The number of nitro benzene ring substituents is 1. The van der Waals surface area contributed by atoms with Gasteiger partial charge >= 0.3 is 0 Å². The summed E-state index contributed by atoms with van der Waals surface area (Å²) in [5.41, 5.74) is -0.170. The van der Waals surface area contributed by atoms with Crippen LogP contribution in [-0.2, 0) is 10.0 Å². The van der Waals surface area contributed by atoms with Crippen molar-refractivity contribution in [3.8, 4) is 0 Å². The van der Waals surface area contributed by atoms with Crippen LogP contribution in [0.25, 0.3) is 0 Å². The van der Waals surface area contributed by atoms with E-state index in [-0.39, 0.29) is 15.1 Å². The van der Waals surface area contributed by atoms with Gasteiger partial charge < -0.3 is 0 Å². The summed E-state index contributed by atoms with van der Waals surface area (Å²) in [7, 11) is -2.32. The Labute approximate surface area is 94.6 Å². The van der Waals surface area contributed by atoms with E-state index in [1.165, 1.54) is 13.1 Å². The average molecular weight is 295 g/mol. The molecule has 0 aliphatic rings. The second-order valence-electron chi connectivity index (χ2n) is 2.58. The molecule has 1 aromatic carbocycles. The number of hydrogen-bond donors (Lipinski definition) is 1. The molecule has 0 fully saturated rings. The number of halogens is 1. The highest BCUT2D eigenvalue weighted by Gasteiger charge is 2.18. The predicted octanol–water partition coefficient (Wildman–Crippen LogP) is 1.27. The van der Waals surface area contributed by atoms with E-state index in [0.717, 1.165) is 12.1 Å². The summed E-state index contributed by atoms with van der Waals surface area (Å²) in [4.78, 5) is 9.77. The summed E-state index contributed by atoms with van der Waals surface area (Å²) < 4.78 is 25.1. The van der Waals surface area contributed by atoms with Gasteiger partial charge in [-0.1, -0.05) is 0 Å². The number of nitrogens with zero attached hydrogens (tertiary/aromatic N) is 1. The van der Waals surface area contributed by atoms with Crippen LogP contribution in [0.4, 0.5) is 5.69 Å². The fourth-order valence-electron chi connectivity index (χ4n) is 0.931. The lowest BCUT2D eigenvalue weighted by atomic mass is 10.3. The van der Waals surface area contributed by atoms with Crippen LogP contribution in [0.15, 0.2) is 27.6 Å². The summed E-state index contributed by atoms with van der Waals surface area (Å²) in [5, 5.41) is 10.4. The van der Waals surface area contributed by atoms with Gasteiger partial charge in [0, 0.05) is 16.6 Å². The maximum atomic E-state index is 11.4. The van der Waals surface area contributed by atoms with Crippen molar-refractivity contribution >= 4 is 31.6 Å². The zero-order valence-electron chi connectivity index (χ0n) is 7.60. The molecule has 0 spiro atoms. The summed E-state index contributed by atoms with van der Waals surface area (Å²) in [6.07, 6.45) is 0. The zero-order chi connectivity index (χ0) is 11.6. The van der Waals surface area contributed by atoms with Gasteiger partial charge in [-0.05, 0) is 29.0 Å². The third kappa shape index (κ3) is 2.52. The lowest BCUT2D eigenvalue weighted by molar-refractivity contribution is -0.385. The first kappa shape index (κ1) is 12.1. The molecule has 0 radical (unpaired) electrons. The normalized spacial score (nSPS) is 11.3. The van der Waals surface area contributed by atoms with Gasteiger partial charge in [-0.15, -0.1) is 0 Å². The van der Waals surface area contributed by atoms with Gasteiger partial charge in [0.2, 0.25) is 10.0 Å². The summed E-state index contributed by atoms with van der Waals surface area (Å²) in [5.74, 6) is 0. The molecule has 0 bridgehead atoms. The third-order valence-electron chi connectivity index (χ3n) is 1.68. The molecule has 6 nitrogen and oxygen atoms in total. The number of sulfonamides is 1. The second-order valence-corrected chi connectivity index (χ2v) is 5.29. The van der Waals surface area contributed by atoms with E-state index < -0.39 is 14.9 Å². The minimum Gasteiger partial charge on any atom is -0.258 e. The monoisotopic (exact) mass is 294 g/mol. The Hall–Kier alpha value is -0.990. The highest BCUT2D eigenvalue weighted by atomic mass is 79.9. The van der Waals surface area contributed by atoms with Crippen LogP contribution in [0, 0.1) is 10.1 Å². The van der Waals surface area contributed by atoms with E-state index in [1.807, 2.05) is 0 Å². The minimum absolute atomic E-state index is 0.0319. The number of hydrogen-bond acceptors (Lipinski definition) is 4. The van der Waals surface area contributed by atoms with Crippen LogP contribution in [0.5, 0.6) is 0 Å². The molecule has 15 heavy (non-hydrogen) atoms. The van der Waals surface area contributed by atoms with Crippen molar-refractivity contribution in [1.29, 1.82) is 0 Å². The number of nitro groups is 1. The van der Waals surface area contributed by atoms with Gasteiger partial charge in [-0.2, -0.15) is 0 Å². The average Bonchev–Trinajstić information content (AvgIpc) is 2.17. The van der Waals surface area contributed by atoms with Crippen molar-refractivity contribution in [2.24, 2.45) is 0 Å². The van der Waals surface area contributed by atoms with Gasteiger partial charge in [-0.3, -0.25) is 10.1 Å². The van der Waals surface area contributed by atoms with Gasteiger partial charge in [0.1, 0.15) is 0 Å². The molecule has 0 amide bonds. The van der Waals surface area contributed by atoms with E-state index in [4.69, 9.17) is 0 Å². The molecule has 0 aromatic heterocycles. The first-order valence-electron chi connectivity index (χ1n) is 3.76. The molecule has 0 heterocycles. The van der Waals surface area contributed by atoms with Crippen LogP contribution in [0.2, 0.25) is 0 Å². The lowest BCUT2D eigenvalue weighted by Crippen LogP contribution is -2.19. The molecule has 0 atom stereocenters. The number of nitrogens with one attached hydrogen (secondary N) is 1. The topological polar surface area (TPSA) is 89.3 Å². The Morgan fingerprint density at radius 1 is 1.47 bits per heavy atom. The highest BCUT2D eigenvalue weighted by Crippen LogP contribution is 2.26. The molecule has 1 aromatic rings. The first-order chi connectivity index (χ1) is 6.88. The van der Waals surface area contributed by atoms with Gasteiger partial charge in [0.15, 0.2) is 0 Å². The quantitative estimate of drug-likeness (QED) is 0.671. The molecular weight excluding hydrogens is 288 g/mol. The minimum atomic E-state index is -3.59. The number of non-ortho nitro benzene ring substituents is 1. The van der Waals surface area contributed by atoms with E-state index in [9.17, 15) is 18.5 Å². The van der Waals surface area contributed by atoms with Crippen LogP contribution < -0.4 is 4.72 Å². The number of rotatable bonds is 3. The van der Waals surface area contributed by atoms with Gasteiger partial charge in [-0.25, -0.2) is 13.1 Å². The number of benzene rings is 1. The summed E-state index contributed by atoms with van der Waals surface area (Å²) in [6, 6.07) is 3.45. The summed E-state index contributed by atoms with van der Waals surface area (Å²) >= 11 is 2.97. The third-order valence-corrected chi connectivity index (χ3v) is 4.08. The predicted molar refractivity (Wildman–Crippen MR) is 57.0 cm³/mol. The van der Waals surface area contributed by atoms with Crippen molar-refractivity contribution in [3.05, 3.63) is 32.8 Å². The van der Waals surface area contributed by atoms with Gasteiger partial charge in [0.25, 0.3) is 5.69 Å². The Kier molecular flexibility index (Phi) is 3.42. The Morgan fingerprint density at radius 2 is 2.07 bits per heavy atom. The molecule has 0 aliphatic heterocycles. The highest BCUT2D eigenvalue weighted by molar-refractivity contribution is 9.10. The molecule has 82 valence electrons.